The van der Waals surface area contributed by atoms with Gasteiger partial charge in [-0.3, -0.25) is 4.79 Å². The van der Waals surface area contributed by atoms with Gasteiger partial charge in [0.25, 0.3) is 0 Å². The molecule has 1 aromatic rings. The minimum Gasteiger partial charge on any atom is -0.469 e. The third kappa shape index (κ3) is 1.63. The Morgan fingerprint density at radius 3 is 3.14 bits per heavy atom. The van der Waals surface area contributed by atoms with Crippen molar-refractivity contribution < 1.29 is 9.53 Å². The van der Waals surface area contributed by atoms with Gasteiger partial charge >= 0.3 is 5.97 Å². The molecular formula is C11H13NO2. The van der Waals surface area contributed by atoms with Crippen LogP contribution in [-0.2, 0) is 16.1 Å². The molecule has 0 spiro atoms. The third-order valence-corrected chi connectivity index (χ3v) is 2.57. The van der Waals surface area contributed by atoms with Gasteiger partial charge in [0.05, 0.1) is 13.5 Å². The minimum atomic E-state index is -0.167. The van der Waals surface area contributed by atoms with Gasteiger partial charge in [-0.2, -0.15) is 0 Å². The first kappa shape index (κ1) is 9.21. The van der Waals surface area contributed by atoms with Crippen molar-refractivity contribution in [3.05, 3.63) is 35.4 Å². The standard InChI is InChI=1S/C11H13NO2/c1-14-11(13)6-10-9-5-3-2-4-8(9)7-12-10/h2-5,10,12H,6-7H2,1H3/t10-/m1/s1. The Balaban J connectivity index is 2.14. The molecule has 0 radical (unpaired) electrons. The van der Waals surface area contributed by atoms with Crippen molar-refractivity contribution >= 4 is 5.97 Å². The third-order valence-electron chi connectivity index (χ3n) is 2.57. The van der Waals surface area contributed by atoms with Gasteiger partial charge in [0, 0.05) is 12.6 Å². The van der Waals surface area contributed by atoms with Crippen LogP contribution in [0.1, 0.15) is 23.6 Å². The Morgan fingerprint density at radius 2 is 2.36 bits per heavy atom. The molecule has 1 heterocycles. The largest absolute Gasteiger partial charge is 0.469 e. The molecule has 1 N–H and O–H groups in total. The molecule has 0 saturated carbocycles. The number of hydrogen-bond donors (Lipinski definition) is 1. The number of rotatable bonds is 2. The van der Waals surface area contributed by atoms with Crippen LogP contribution in [0, 0.1) is 0 Å². The van der Waals surface area contributed by atoms with Gasteiger partial charge in [-0.25, -0.2) is 0 Å². The summed E-state index contributed by atoms with van der Waals surface area (Å²) in [5, 5.41) is 3.29. The van der Waals surface area contributed by atoms with E-state index < -0.39 is 0 Å². The van der Waals surface area contributed by atoms with E-state index in [-0.39, 0.29) is 12.0 Å². The van der Waals surface area contributed by atoms with E-state index in [1.807, 2.05) is 12.1 Å². The second kappa shape index (κ2) is 3.80. The summed E-state index contributed by atoms with van der Waals surface area (Å²) in [6.45, 7) is 0.845. The molecule has 0 saturated heterocycles. The van der Waals surface area contributed by atoms with Gasteiger partial charge < -0.3 is 10.1 Å². The van der Waals surface area contributed by atoms with Crippen molar-refractivity contribution in [1.29, 1.82) is 0 Å². The van der Waals surface area contributed by atoms with E-state index in [1.165, 1.54) is 18.2 Å². The molecule has 1 atom stereocenters. The lowest BCUT2D eigenvalue weighted by Crippen LogP contribution is -2.17. The summed E-state index contributed by atoms with van der Waals surface area (Å²) < 4.78 is 4.65. The smallest absolute Gasteiger partial charge is 0.307 e. The summed E-state index contributed by atoms with van der Waals surface area (Å²) in [4.78, 5) is 11.1. The van der Waals surface area contributed by atoms with Gasteiger partial charge in [-0.1, -0.05) is 24.3 Å². The maximum absolute atomic E-state index is 11.1. The minimum absolute atomic E-state index is 0.124. The lowest BCUT2D eigenvalue weighted by molar-refractivity contribution is -0.141. The van der Waals surface area contributed by atoms with Crippen molar-refractivity contribution in [2.75, 3.05) is 7.11 Å². The highest BCUT2D eigenvalue weighted by Crippen LogP contribution is 2.27. The van der Waals surface area contributed by atoms with Crippen molar-refractivity contribution in [2.45, 2.75) is 19.0 Å². The van der Waals surface area contributed by atoms with Gasteiger partial charge in [0.1, 0.15) is 0 Å². The van der Waals surface area contributed by atoms with Crippen LogP contribution in [0.25, 0.3) is 0 Å². The number of esters is 1. The lowest BCUT2D eigenvalue weighted by atomic mass is 10.0. The lowest BCUT2D eigenvalue weighted by Gasteiger charge is -2.09. The van der Waals surface area contributed by atoms with Crippen LogP contribution in [-0.4, -0.2) is 13.1 Å². The molecule has 0 amide bonds. The van der Waals surface area contributed by atoms with Crippen LogP contribution in [0.2, 0.25) is 0 Å². The van der Waals surface area contributed by atoms with Crippen molar-refractivity contribution in [3.8, 4) is 0 Å². The number of methoxy groups -OCH3 is 1. The van der Waals surface area contributed by atoms with Gasteiger partial charge in [0.2, 0.25) is 0 Å². The number of carbonyl (C=O) groups is 1. The molecule has 0 aliphatic carbocycles. The number of hydrogen-bond acceptors (Lipinski definition) is 3. The molecule has 0 aromatic heterocycles. The Labute approximate surface area is 83.1 Å². The Hall–Kier alpha value is -1.35. The first-order valence-electron chi connectivity index (χ1n) is 4.69. The number of ether oxygens (including phenoxy) is 1. The first-order valence-corrected chi connectivity index (χ1v) is 4.69. The molecule has 1 aliphatic rings. The normalized spacial score (nSPS) is 19.1. The van der Waals surface area contributed by atoms with E-state index in [0.717, 1.165) is 6.54 Å². The van der Waals surface area contributed by atoms with E-state index in [2.05, 4.69) is 22.2 Å². The summed E-state index contributed by atoms with van der Waals surface area (Å²) in [5.41, 5.74) is 2.50. The molecule has 1 aromatic carbocycles. The summed E-state index contributed by atoms with van der Waals surface area (Å²) >= 11 is 0. The van der Waals surface area contributed by atoms with Gasteiger partial charge in [0.15, 0.2) is 0 Å². The number of nitrogens with one attached hydrogen (secondary N) is 1. The predicted octanol–water partition coefficient (Wildman–Crippen LogP) is 1.39. The van der Waals surface area contributed by atoms with Crippen LogP contribution >= 0.6 is 0 Å². The van der Waals surface area contributed by atoms with E-state index in [4.69, 9.17) is 0 Å². The molecule has 74 valence electrons. The first-order chi connectivity index (χ1) is 6.81. The fraction of sp³-hybridized carbons (Fsp3) is 0.364. The predicted molar refractivity (Wildman–Crippen MR) is 52.7 cm³/mol. The zero-order valence-electron chi connectivity index (χ0n) is 8.12. The summed E-state index contributed by atoms with van der Waals surface area (Å²) in [6.07, 6.45) is 0.410. The van der Waals surface area contributed by atoms with Crippen LogP contribution in [0.3, 0.4) is 0 Å². The summed E-state index contributed by atoms with van der Waals surface area (Å²) in [5.74, 6) is -0.167. The molecule has 2 rings (SSSR count). The average Bonchev–Trinajstić information content (AvgIpc) is 2.62. The zero-order valence-corrected chi connectivity index (χ0v) is 8.12. The number of benzene rings is 1. The summed E-state index contributed by atoms with van der Waals surface area (Å²) in [6, 6.07) is 8.28. The van der Waals surface area contributed by atoms with E-state index in [1.54, 1.807) is 0 Å². The number of carbonyl (C=O) groups excluding carboxylic acids is 1. The fourth-order valence-electron chi connectivity index (χ4n) is 1.81. The van der Waals surface area contributed by atoms with Crippen LogP contribution < -0.4 is 5.32 Å². The SMILES string of the molecule is COC(=O)C[C@H]1NCc2ccccc21. The summed E-state index contributed by atoms with van der Waals surface area (Å²) in [7, 11) is 1.42. The van der Waals surface area contributed by atoms with Crippen LogP contribution in [0.5, 0.6) is 0 Å². The molecule has 0 bridgehead atoms. The number of fused-ring (bicyclic) bond motifs is 1. The molecule has 0 unspecified atom stereocenters. The monoisotopic (exact) mass is 191 g/mol. The Kier molecular flexibility index (Phi) is 2.50. The average molecular weight is 191 g/mol. The van der Waals surface area contributed by atoms with Crippen LogP contribution in [0.4, 0.5) is 0 Å². The van der Waals surface area contributed by atoms with E-state index >= 15 is 0 Å². The molecule has 0 fully saturated rings. The maximum Gasteiger partial charge on any atom is 0.307 e. The molecule has 1 aliphatic heterocycles. The Bertz CT molecular complexity index is 349. The zero-order chi connectivity index (χ0) is 9.97. The highest BCUT2D eigenvalue weighted by Gasteiger charge is 2.23. The highest BCUT2D eigenvalue weighted by atomic mass is 16.5. The molecule has 3 heteroatoms. The van der Waals surface area contributed by atoms with E-state index in [9.17, 15) is 4.79 Å². The quantitative estimate of drug-likeness (QED) is 0.718. The molecule has 14 heavy (non-hydrogen) atoms. The van der Waals surface area contributed by atoms with Crippen molar-refractivity contribution in [3.63, 3.8) is 0 Å². The fourth-order valence-corrected chi connectivity index (χ4v) is 1.81. The van der Waals surface area contributed by atoms with Gasteiger partial charge in [-0.05, 0) is 11.1 Å². The van der Waals surface area contributed by atoms with Crippen molar-refractivity contribution in [2.24, 2.45) is 0 Å². The topological polar surface area (TPSA) is 38.3 Å². The second-order valence-corrected chi connectivity index (χ2v) is 3.41. The van der Waals surface area contributed by atoms with Crippen molar-refractivity contribution in [1.82, 2.24) is 5.32 Å². The molecular weight excluding hydrogens is 178 g/mol. The highest BCUT2D eigenvalue weighted by molar-refractivity contribution is 5.70. The van der Waals surface area contributed by atoms with E-state index in [0.29, 0.717) is 6.42 Å². The van der Waals surface area contributed by atoms with Gasteiger partial charge in [-0.15, -0.1) is 0 Å². The maximum atomic E-state index is 11.1. The molecule has 3 nitrogen and oxygen atoms in total. The second-order valence-electron chi connectivity index (χ2n) is 3.41. The Morgan fingerprint density at radius 1 is 1.57 bits per heavy atom. The van der Waals surface area contributed by atoms with Crippen LogP contribution in [0.15, 0.2) is 24.3 Å².